The first-order valence-electron chi connectivity index (χ1n) is 6.32. The number of benzene rings is 2. The summed E-state index contributed by atoms with van der Waals surface area (Å²) in [6.07, 6.45) is 0. The van der Waals surface area contributed by atoms with E-state index in [9.17, 15) is 0 Å². The maximum absolute atomic E-state index is 8.88. The van der Waals surface area contributed by atoms with Crippen molar-refractivity contribution in [3.8, 4) is 17.6 Å². The van der Waals surface area contributed by atoms with Crippen LogP contribution in [-0.2, 0) is 6.54 Å². The van der Waals surface area contributed by atoms with Crippen LogP contribution in [0.2, 0.25) is 5.02 Å². The van der Waals surface area contributed by atoms with Gasteiger partial charge in [0.1, 0.15) is 11.5 Å². The minimum atomic E-state index is 0.560. The van der Waals surface area contributed by atoms with Gasteiger partial charge in [-0.3, -0.25) is 0 Å². The average molecular weight is 303 g/mol. The Morgan fingerprint density at radius 2 is 1.86 bits per heavy atom. The molecule has 2 rings (SSSR count). The van der Waals surface area contributed by atoms with Crippen molar-refractivity contribution in [1.29, 1.82) is 5.26 Å². The zero-order chi connectivity index (χ0) is 15.2. The molecule has 0 atom stereocenters. The zero-order valence-corrected chi connectivity index (χ0v) is 12.6. The zero-order valence-electron chi connectivity index (χ0n) is 11.8. The summed E-state index contributed by atoms with van der Waals surface area (Å²) in [7, 11) is 3.16. The fourth-order valence-electron chi connectivity index (χ4n) is 1.92. The molecule has 2 aromatic carbocycles. The Labute approximate surface area is 128 Å². The van der Waals surface area contributed by atoms with E-state index in [0.717, 1.165) is 11.3 Å². The van der Waals surface area contributed by atoms with Crippen LogP contribution in [0.25, 0.3) is 0 Å². The lowest BCUT2D eigenvalue weighted by Gasteiger charge is -2.12. The second-order valence-electron chi connectivity index (χ2n) is 4.35. The molecule has 0 radical (unpaired) electrons. The largest absolute Gasteiger partial charge is 0.495 e. The van der Waals surface area contributed by atoms with E-state index >= 15 is 0 Å². The Morgan fingerprint density at radius 1 is 1.10 bits per heavy atom. The second-order valence-corrected chi connectivity index (χ2v) is 4.76. The number of nitrogens with zero attached hydrogens (tertiary/aromatic N) is 1. The number of rotatable bonds is 5. The van der Waals surface area contributed by atoms with Gasteiger partial charge in [0.25, 0.3) is 0 Å². The van der Waals surface area contributed by atoms with Gasteiger partial charge in [-0.25, -0.2) is 0 Å². The van der Waals surface area contributed by atoms with E-state index in [2.05, 4.69) is 11.4 Å². The van der Waals surface area contributed by atoms with Crippen molar-refractivity contribution in [2.75, 3.05) is 19.5 Å². The third-order valence-electron chi connectivity index (χ3n) is 3.03. The minimum absolute atomic E-state index is 0.560. The quantitative estimate of drug-likeness (QED) is 0.911. The fraction of sp³-hybridized carbons (Fsp3) is 0.188. The standard InChI is InChI=1S/C16H15ClN2O2/c1-20-15-6-4-12(7-13(15)17)10-19-14-5-3-11(9-18)8-16(14)21-2/h3-8,19H,10H2,1-2H3. The van der Waals surface area contributed by atoms with Gasteiger partial charge in [0.15, 0.2) is 0 Å². The predicted octanol–water partition coefficient (Wildman–Crippen LogP) is 3.84. The van der Waals surface area contributed by atoms with Gasteiger partial charge >= 0.3 is 0 Å². The Morgan fingerprint density at radius 3 is 2.48 bits per heavy atom. The highest BCUT2D eigenvalue weighted by Gasteiger charge is 2.06. The van der Waals surface area contributed by atoms with E-state index in [4.69, 9.17) is 26.3 Å². The third-order valence-corrected chi connectivity index (χ3v) is 3.33. The van der Waals surface area contributed by atoms with Crippen molar-refractivity contribution in [3.05, 3.63) is 52.5 Å². The van der Waals surface area contributed by atoms with Crippen molar-refractivity contribution in [1.82, 2.24) is 0 Å². The Balaban J connectivity index is 2.13. The van der Waals surface area contributed by atoms with E-state index in [1.165, 1.54) is 0 Å². The molecule has 0 saturated heterocycles. The molecule has 0 spiro atoms. The molecular weight excluding hydrogens is 288 g/mol. The monoisotopic (exact) mass is 302 g/mol. The number of methoxy groups -OCH3 is 2. The summed E-state index contributed by atoms with van der Waals surface area (Å²) < 4.78 is 10.4. The number of nitriles is 1. The molecule has 0 aliphatic rings. The maximum Gasteiger partial charge on any atom is 0.143 e. The van der Waals surface area contributed by atoms with Crippen molar-refractivity contribution in [2.24, 2.45) is 0 Å². The highest BCUT2D eigenvalue weighted by molar-refractivity contribution is 6.32. The first kappa shape index (κ1) is 15.0. The Kier molecular flexibility index (Phi) is 4.91. The normalized spacial score (nSPS) is 9.81. The van der Waals surface area contributed by atoms with Crippen LogP contribution in [0.4, 0.5) is 5.69 Å². The number of nitrogens with one attached hydrogen (secondary N) is 1. The third kappa shape index (κ3) is 3.59. The van der Waals surface area contributed by atoms with Crippen LogP contribution in [0.5, 0.6) is 11.5 Å². The van der Waals surface area contributed by atoms with Crippen LogP contribution in [0.3, 0.4) is 0 Å². The van der Waals surface area contributed by atoms with Crippen LogP contribution in [0, 0.1) is 11.3 Å². The van der Waals surface area contributed by atoms with Gasteiger partial charge in [-0.1, -0.05) is 17.7 Å². The van der Waals surface area contributed by atoms with Crippen LogP contribution in [0.1, 0.15) is 11.1 Å². The maximum atomic E-state index is 8.88. The molecule has 2 aromatic rings. The smallest absolute Gasteiger partial charge is 0.143 e. The molecule has 0 bridgehead atoms. The number of ether oxygens (including phenoxy) is 2. The summed E-state index contributed by atoms with van der Waals surface area (Å²) in [5.74, 6) is 1.28. The molecule has 0 aliphatic carbocycles. The van der Waals surface area contributed by atoms with Crippen molar-refractivity contribution < 1.29 is 9.47 Å². The predicted molar refractivity (Wildman–Crippen MR) is 83.0 cm³/mol. The second kappa shape index (κ2) is 6.87. The fourth-order valence-corrected chi connectivity index (χ4v) is 2.20. The highest BCUT2D eigenvalue weighted by Crippen LogP contribution is 2.28. The van der Waals surface area contributed by atoms with Gasteiger partial charge in [0, 0.05) is 12.6 Å². The lowest BCUT2D eigenvalue weighted by Crippen LogP contribution is -2.02. The van der Waals surface area contributed by atoms with Gasteiger partial charge in [0.05, 0.1) is 36.6 Å². The molecule has 4 nitrogen and oxygen atoms in total. The molecule has 0 aromatic heterocycles. The van der Waals surface area contributed by atoms with Crippen LogP contribution >= 0.6 is 11.6 Å². The van der Waals surface area contributed by atoms with Gasteiger partial charge in [-0.15, -0.1) is 0 Å². The Bertz CT molecular complexity index is 680. The Hall–Kier alpha value is -2.38. The molecule has 0 aliphatic heterocycles. The van der Waals surface area contributed by atoms with Crippen molar-refractivity contribution in [2.45, 2.75) is 6.54 Å². The number of halogens is 1. The summed E-state index contributed by atoms with van der Waals surface area (Å²) in [5, 5.41) is 12.7. The van der Waals surface area contributed by atoms with Crippen molar-refractivity contribution >= 4 is 17.3 Å². The lowest BCUT2D eigenvalue weighted by molar-refractivity contribution is 0.415. The molecule has 5 heteroatoms. The van der Waals surface area contributed by atoms with Crippen LogP contribution in [-0.4, -0.2) is 14.2 Å². The van der Waals surface area contributed by atoms with Gasteiger partial charge in [-0.2, -0.15) is 5.26 Å². The van der Waals surface area contributed by atoms with Crippen LogP contribution < -0.4 is 14.8 Å². The summed E-state index contributed by atoms with van der Waals surface area (Å²) in [6.45, 7) is 0.589. The molecular formula is C16H15ClN2O2. The molecule has 0 saturated carbocycles. The van der Waals surface area contributed by atoms with Crippen LogP contribution in [0.15, 0.2) is 36.4 Å². The number of hydrogen-bond donors (Lipinski definition) is 1. The van der Waals surface area contributed by atoms with Gasteiger partial charge < -0.3 is 14.8 Å². The van der Waals surface area contributed by atoms with E-state index in [1.807, 2.05) is 24.3 Å². The van der Waals surface area contributed by atoms with Gasteiger partial charge in [-0.05, 0) is 29.8 Å². The molecule has 108 valence electrons. The van der Waals surface area contributed by atoms with E-state index in [1.54, 1.807) is 26.4 Å². The van der Waals surface area contributed by atoms with E-state index in [-0.39, 0.29) is 0 Å². The topological polar surface area (TPSA) is 54.3 Å². The average Bonchev–Trinajstić information content (AvgIpc) is 2.52. The molecule has 0 heterocycles. The van der Waals surface area contributed by atoms with E-state index < -0.39 is 0 Å². The van der Waals surface area contributed by atoms with Gasteiger partial charge in [0.2, 0.25) is 0 Å². The summed E-state index contributed by atoms with van der Waals surface area (Å²) in [4.78, 5) is 0. The number of hydrogen-bond acceptors (Lipinski definition) is 4. The SMILES string of the molecule is COc1ccc(CNc2ccc(C#N)cc2OC)cc1Cl. The first-order chi connectivity index (χ1) is 10.2. The summed E-state index contributed by atoms with van der Waals surface area (Å²) in [5.41, 5.74) is 2.40. The van der Waals surface area contributed by atoms with E-state index in [0.29, 0.717) is 28.6 Å². The highest BCUT2D eigenvalue weighted by atomic mass is 35.5. The summed E-state index contributed by atoms with van der Waals surface area (Å²) in [6, 6.07) is 13.0. The molecule has 1 N–H and O–H groups in total. The number of anilines is 1. The molecule has 0 unspecified atom stereocenters. The lowest BCUT2D eigenvalue weighted by atomic mass is 10.2. The first-order valence-corrected chi connectivity index (χ1v) is 6.70. The minimum Gasteiger partial charge on any atom is -0.495 e. The molecule has 0 amide bonds. The summed E-state index contributed by atoms with van der Waals surface area (Å²) >= 11 is 6.10. The molecule has 21 heavy (non-hydrogen) atoms. The molecule has 0 fully saturated rings. The van der Waals surface area contributed by atoms with Crippen molar-refractivity contribution in [3.63, 3.8) is 0 Å².